The van der Waals surface area contributed by atoms with Gasteiger partial charge >= 0.3 is 0 Å². The summed E-state index contributed by atoms with van der Waals surface area (Å²) in [7, 11) is -3.64. The molecule has 0 aliphatic heterocycles. The quantitative estimate of drug-likeness (QED) is 0.778. The van der Waals surface area contributed by atoms with E-state index in [1.807, 2.05) is 38.1 Å². The molecule has 6 nitrogen and oxygen atoms in total. The Bertz CT molecular complexity index is 1100. The normalized spacial score (nSPS) is 15.4. The first-order valence-corrected chi connectivity index (χ1v) is 10.3. The summed E-state index contributed by atoms with van der Waals surface area (Å²) < 4.78 is 28.3. The van der Waals surface area contributed by atoms with E-state index in [0.29, 0.717) is 5.52 Å². The third-order valence-electron chi connectivity index (χ3n) is 4.61. The summed E-state index contributed by atoms with van der Waals surface area (Å²) >= 11 is 0. The van der Waals surface area contributed by atoms with Gasteiger partial charge in [0.15, 0.2) is 0 Å². The Hall–Kier alpha value is -2.28. The molecule has 1 aliphatic carbocycles. The van der Waals surface area contributed by atoms with Crippen LogP contribution in [0.1, 0.15) is 43.2 Å². The van der Waals surface area contributed by atoms with Gasteiger partial charge in [-0.2, -0.15) is 0 Å². The van der Waals surface area contributed by atoms with E-state index < -0.39 is 10.0 Å². The Balaban J connectivity index is 2.10. The molecule has 2 heterocycles. The lowest BCUT2D eigenvalue weighted by Crippen LogP contribution is -2.29. The largest absolute Gasteiger partial charge is 0.348 e. The smallest absolute Gasteiger partial charge is 0.269 e. The highest BCUT2D eigenvalue weighted by Crippen LogP contribution is 2.35. The van der Waals surface area contributed by atoms with Crippen LogP contribution in [-0.2, 0) is 10.0 Å². The molecule has 0 unspecified atom stereocenters. The Morgan fingerprint density at radius 2 is 1.88 bits per heavy atom. The molecular formula is C18H21N3O3S. The Labute approximate surface area is 146 Å². The fourth-order valence-electron chi connectivity index (χ4n) is 3.47. The van der Waals surface area contributed by atoms with Gasteiger partial charge in [0.1, 0.15) is 5.69 Å². The van der Waals surface area contributed by atoms with Crippen LogP contribution in [0.4, 0.5) is 0 Å². The maximum atomic E-state index is 12.6. The van der Waals surface area contributed by atoms with Crippen LogP contribution in [0.25, 0.3) is 21.9 Å². The van der Waals surface area contributed by atoms with Crippen LogP contribution < -0.4 is 5.32 Å². The van der Waals surface area contributed by atoms with Crippen LogP contribution in [0.3, 0.4) is 0 Å². The number of rotatable bonds is 4. The third kappa shape index (κ3) is 2.54. The molecule has 3 aromatic rings. The van der Waals surface area contributed by atoms with Gasteiger partial charge in [-0.15, -0.1) is 0 Å². The molecule has 7 heteroatoms. The summed E-state index contributed by atoms with van der Waals surface area (Å²) in [6.07, 6.45) is 3.04. The highest BCUT2D eigenvalue weighted by atomic mass is 32.2. The minimum Gasteiger partial charge on any atom is -0.348 e. The van der Waals surface area contributed by atoms with Crippen molar-refractivity contribution in [2.75, 3.05) is 6.26 Å². The van der Waals surface area contributed by atoms with E-state index in [2.05, 4.69) is 9.88 Å². The summed E-state index contributed by atoms with van der Waals surface area (Å²) in [6.45, 7) is 4.10. The minimum atomic E-state index is -3.64. The van der Waals surface area contributed by atoms with Gasteiger partial charge < -0.3 is 9.88 Å². The van der Waals surface area contributed by atoms with Crippen LogP contribution in [0.2, 0.25) is 0 Å². The Morgan fingerprint density at radius 1 is 1.20 bits per heavy atom. The molecule has 1 N–H and O–H groups in total. The fourth-order valence-corrected chi connectivity index (χ4v) is 4.49. The first kappa shape index (κ1) is 16.2. The van der Waals surface area contributed by atoms with Gasteiger partial charge in [-0.1, -0.05) is 18.2 Å². The van der Waals surface area contributed by atoms with Gasteiger partial charge in [0.25, 0.3) is 5.91 Å². The number of carbonyl (C=O) groups is 1. The van der Waals surface area contributed by atoms with E-state index >= 15 is 0 Å². The van der Waals surface area contributed by atoms with Gasteiger partial charge in [-0.3, -0.25) is 4.79 Å². The van der Waals surface area contributed by atoms with Crippen LogP contribution >= 0.6 is 0 Å². The molecule has 0 bridgehead atoms. The summed E-state index contributed by atoms with van der Waals surface area (Å²) in [6, 6.07) is 9.71. The third-order valence-corrected chi connectivity index (χ3v) is 5.65. The number of fused-ring (bicyclic) bond motifs is 3. The molecular weight excluding hydrogens is 338 g/mol. The van der Waals surface area contributed by atoms with E-state index in [9.17, 15) is 13.2 Å². The van der Waals surface area contributed by atoms with E-state index in [1.54, 1.807) is 6.07 Å². The number of nitrogens with zero attached hydrogens (tertiary/aromatic N) is 2. The second-order valence-corrected chi connectivity index (χ2v) is 8.85. The first-order chi connectivity index (χ1) is 11.8. The van der Waals surface area contributed by atoms with Crippen molar-refractivity contribution in [3.63, 3.8) is 0 Å². The average Bonchev–Trinajstić information content (AvgIpc) is 3.14. The lowest BCUT2D eigenvalue weighted by atomic mass is 10.2. The SMILES string of the molecule is CC(C)n1c2ccccc2c2c1cc(C(=O)NC1CC1)n2S(C)(=O)=O. The highest BCUT2D eigenvalue weighted by Gasteiger charge is 2.30. The zero-order valence-corrected chi connectivity index (χ0v) is 15.3. The summed E-state index contributed by atoms with van der Waals surface area (Å²) in [4.78, 5) is 12.6. The lowest BCUT2D eigenvalue weighted by Gasteiger charge is -2.10. The fraction of sp³-hybridized carbons (Fsp3) is 0.389. The molecule has 0 saturated heterocycles. The van der Waals surface area contributed by atoms with Crippen molar-refractivity contribution < 1.29 is 13.2 Å². The predicted octanol–water partition coefficient (Wildman–Crippen LogP) is 2.88. The molecule has 1 saturated carbocycles. The van der Waals surface area contributed by atoms with Crippen LogP contribution in [0.5, 0.6) is 0 Å². The molecule has 1 amide bonds. The number of hydrogen-bond donors (Lipinski definition) is 1. The molecule has 0 atom stereocenters. The van der Waals surface area contributed by atoms with Gasteiger partial charge in [0.05, 0.1) is 22.8 Å². The zero-order valence-electron chi connectivity index (χ0n) is 14.5. The molecule has 4 rings (SSSR count). The summed E-state index contributed by atoms with van der Waals surface area (Å²) in [5, 5.41) is 3.73. The Morgan fingerprint density at radius 3 is 2.48 bits per heavy atom. The van der Waals surface area contributed by atoms with Gasteiger partial charge in [0.2, 0.25) is 10.0 Å². The molecule has 1 aliphatic rings. The van der Waals surface area contributed by atoms with Crippen molar-refractivity contribution in [3.05, 3.63) is 36.0 Å². The van der Waals surface area contributed by atoms with Crippen LogP contribution in [0.15, 0.2) is 30.3 Å². The molecule has 25 heavy (non-hydrogen) atoms. The van der Waals surface area contributed by atoms with Gasteiger partial charge in [0, 0.05) is 17.5 Å². The summed E-state index contributed by atoms with van der Waals surface area (Å²) in [5.74, 6) is -0.330. The molecule has 0 radical (unpaired) electrons. The second-order valence-electron chi connectivity index (χ2n) is 7.02. The van der Waals surface area contributed by atoms with Gasteiger partial charge in [-0.05, 0) is 38.8 Å². The topological polar surface area (TPSA) is 73.1 Å². The molecule has 1 aromatic carbocycles. The highest BCUT2D eigenvalue weighted by molar-refractivity contribution is 7.89. The monoisotopic (exact) mass is 359 g/mol. The second kappa shape index (κ2) is 5.36. The molecule has 1 fully saturated rings. The zero-order chi connectivity index (χ0) is 17.9. The van der Waals surface area contributed by atoms with E-state index in [4.69, 9.17) is 0 Å². The number of para-hydroxylation sites is 1. The molecule has 0 spiro atoms. The van der Waals surface area contributed by atoms with E-state index in [-0.39, 0.29) is 23.7 Å². The summed E-state index contributed by atoms with van der Waals surface area (Å²) in [5.41, 5.74) is 2.49. The number of carbonyl (C=O) groups excluding carboxylic acids is 1. The van der Waals surface area contributed by atoms with Crippen LogP contribution in [-0.4, -0.2) is 35.2 Å². The number of amides is 1. The van der Waals surface area contributed by atoms with Crippen molar-refractivity contribution in [3.8, 4) is 0 Å². The standard InChI is InChI=1S/C18H21N3O3S/c1-11(2)20-14-7-5-4-6-13(14)17-15(20)10-16(21(17)25(3,23)24)18(22)19-12-8-9-12/h4-7,10-12H,8-9H2,1-3H3,(H,19,22). The minimum absolute atomic E-state index is 0.136. The predicted molar refractivity (Wildman–Crippen MR) is 98.5 cm³/mol. The van der Waals surface area contributed by atoms with Crippen molar-refractivity contribution in [1.29, 1.82) is 0 Å². The van der Waals surface area contributed by atoms with Crippen molar-refractivity contribution in [2.24, 2.45) is 0 Å². The van der Waals surface area contributed by atoms with E-state index in [1.165, 1.54) is 3.97 Å². The van der Waals surface area contributed by atoms with Crippen molar-refractivity contribution in [2.45, 2.75) is 38.8 Å². The average molecular weight is 359 g/mol. The lowest BCUT2D eigenvalue weighted by molar-refractivity contribution is 0.0945. The first-order valence-electron chi connectivity index (χ1n) is 8.45. The maximum absolute atomic E-state index is 12.6. The molecule has 2 aromatic heterocycles. The number of hydrogen-bond acceptors (Lipinski definition) is 3. The number of nitrogens with one attached hydrogen (secondary N) is 1. The Kier molecular flexibility index (Phi) is 3.47. The van der Waals surface area contributed by atoms with Gasteiger partial charge in [-0.25, -0.2) is 12.4 Å². The van der Waals surface area contributed by atoms with Crippen molar-refractivity contribution >= 4 is 37.9 Å². The number of aromatic nitrogens is 2. The maximum Gasteiger partial charge on any atom is 0.269 e. The van der Waals surface area contributed by atoms with Crippen molar-refractivity contribution in [1.82, 2.24) is 13.9 Å². The van der Waals surface area contributed by atoms with Crippen LogP contribution in [0, 0.1) is 0 Å². The van der Waals surface area contributed by atoms with E-state index in [0.717, 1.165) is 35.5 Å². The number of benzene rings is 1. The molecule has 132 valence electrons.